The number of aliphatic hydroxyl groups is 1. The number of rotatable bonds is 6. The molecule has 6 nitrogen and oxygen atoms in total. The Labute approximate surface area is 177 Å². The molecule has 1 heterocycles. The second-order valence-corrected chi connectivity index (χ2v) is 9.83. The lowest BCUT2D eigenvalue weighted by Gasteiger charge is -2.31. The highest BCUT2D eigenvalue weighted by Gasteiger charge is 2.33. The third-order valence-corrected chi connectivity index (χ3v) is 7.32. The van der Waals surface area contributed by atoms with Crippen molar-refractivity contribution >= 4 is 31.9 Å². The van der Waals surface area contributed by atoms with Crippen LogP contribution in [0.15, 0.2) is 57.9 Å². The molecular formula is C20H22BrFN2O4S. The average molecular weight is 485 g/mol. The molecule has 1 aliphatic rings. The summed E-state index contributed by atoms with van der Waals surface area (Å²) in [6.07, 6.45) is 0.0926. The van der Waals surface area contributed by atoms with E-state index in [9.17, 15) is 22.7 Å². The molecule has 2 N–H and O–H groups in total. The Morgan fingerprint density at radius 1 is 1.28 bits per heavy atom. The van der Waals surface area contributed by atoms with Crippen LogP contribution in [0.3, 0.4) is 0 Å². The van der Waals surface area contributed by atoms with Crippen molar-refractivity contribution in [2.45, 2.75) is 23.8 Å². The first kappa shape index (κ1) is 21.9. The van der Waals surface area contributed by atoms with Gasteiger partial charge in [-0.15, -0.1) is 0 Å². The van der Waals surface area contributed by atoms with Crippen LogP contribution >= 0.6 is 15.9 Å². The van der Waals surface area contributed by atoms with Crippen LogP contribution < -0.4 is 5.32 Å². The smallest absolute Gasteiger partial charge is 0.243 e. The van der Waals surface area contributed by atoms with E-state index < -0.39 is 27.9 Å². The molecule has 1 amide bonds. The van der Waals surface area contributed by atoms with Crippen LogP contribution in [0.4, 0.5) is 4.39 Å². The number of nitrogens with one attached hydrogen (secondary N) is 1. The summed E-state index contributed by atoms with van der Waals surface area (Å²) in [5, 5.41) is 12.8. The van der Waals surface area contributed by atoms with E-state index in [1.165, 1.54) is 34.6 Å². The topological polar surface area (TPSA) is 86.7 Å². The van der Waals surface area contributed by atoms with Crippen molar-refractivity contribution in [3.8, 4) is 0 Å². The van der Waals surface area contributed by atoms with Crippen LogP contribution in [-0.4, -0.2) is 43.4 Å². The van der Waals surface area contributed by atoms with Crippen molar-refractivity contribution in [3.63, 3.8) is 0 Å². The summed E-state index contributed by atoms with van der Waals surface area (Å²) in [7, 11) is -3.68. The number of aliphatic hydroxyl groups excluding tert-OH is 1. The fourth-order valence-electron chi connectivity index (χ4n) is 3.30. The van der Waals surface area contributed by atoms with Gasteiger partial charge in [-0.2, -0.15) is 4.31 Å². The number of hydrogen-bond acceptors (Lipinski definition) is 4. The fraction of sp³-hybridized carbons (Fsp3) is 0.350. The summed E-state index contributed by atoms with van der Waals surface area (Å²) >= 11 is 3.28. The normalized spacial score (nSPS) is 18.9. The monoisotopic (exact) mass is 484 g/mol. The summed E-state index contributed by atoms with van der Waals surface area (Å²) in [4.78, 5) is 12.7. The van der Waals surface area contributed by atoms with Gasteiger partial charge in [-0.05, 0) is 54.8 Å². The highest BCUT2D eigenvalue weighted by Crippen LogP contribution is 2.25. The SMILES string of the molecule is O=C(NCC(O)c1cccc(F)c1)C1CCCN(S(=O)(=O)c2ccc(Br)cc2)C1. The average Bonchev–Trinajstić information content (AvgIpc) is 2.72. The number of piperidine rings is 1. The quantitative estimate of drug-likeness (QED) is 0.659. The molecule has 0 bridgehead atoms. The first-order valence-electron chi connectivity index (χ1n) is 9.24. The maximum absolute atomic E-state index is 13.3. The van der Waals surface area contributed by atoms with Gasteiger partial charge in [0.25, 0.3) is 0 Å². The number of hydrogen-bond donors (Lipinski definition) is 2. The maximum atomic E-state index is 13.3. The lowest BCUT2D eigenvalue weighted by molar-refractivity contribution is -0.126. The Kier molecular flexibility index (Phi) is 7.05. The van der Waals surface area contributed by atoms with E-state index >= 15 is 0 Å². The Hall–Kier alpha value is -1.81. The molecule has 9 heteroatoms. The van der Waals surface area contributed by atoms with Crippen molar-refractivity contribution in [2.24, 2.45) is 5.92 Å². The van der Waals surface area contributed by atoms with Crippen LogP contribution in [0.5, 0.6) is 0 Å². The molecule has 3 rings (SSSR count). The fourth-order valence-corrected chi connectivity index (χ4v) is 5.09. The van der Waals surface area contributed by atoms with E-state index in [1.807, 2.05) is 0 Å². The molecule has 1 aliphatic heterocycles. The number of carbonyl (C=O) groups is 1. The third kappa shape index (κ3) is 5.42. The Balaban J connectivity index is 1.61. The molecule has 1 saturated heterocycles. The van der Waals surface area contributed by atoms with Crippen LogP contribution in [0, 0.1) is 11.7 Å². The molecular weight excluding hydrogens is 463 g/mol. The zero-order valence-electron chi connectivity index (χ0n) is 15.6. The zero-order chi connectivity index (χ0) is 21.0. The van der Waals surface area contributed by atoms with Gasteiger partial charge in [0, 0.05) is 24.1 Å². The van der Waals surface area contributed by atoms with E-state index in [2.05, 4.69) is 21.2 Å². The molecule has 156 valence electrons. The van der Waals surface area contributed by atoms with E-state index in [-0.39, 0.29) is 23.9 Å². The van der Waals surface area contributed by atoms with Gasteiger partial charge >= 0.3 is 0 Å². The van der Waals surface area contributed by atoms with E-state index in [4.69, 9.17) is 0 Å². The number of sulfonamides is 1. The number of benzene rings is 2. The van der Waals surface area contributed by atoms with Crippen molar-refractivity contribution in [2.75, 3.05) is 19.6 Å². The summed E-state index contributed by atoms with van der Waals surface area (Å²) in [6.45, 7) is 0.368. The Morgan fingerprint density at radius 2 is 2.00 bits per heavy atom. The minimum atomic E-state index is -3.68. The predicted molar refractivity (Wildman–Crippen MR) is 110 cm³/mol. The van der Waals surface area contributed by atoms with Gasteiger partial charge in [0.2, 0.25) is 15.9 Å². The van der Waals surface area contributed by atoms with E-state index in [1.54, 1.807) is 18.2 Å². The van der Waals surface area contributed by atoms with Crippen molar-refractivity contribution in [3.05, 3.63) is 64.4 Å². The number of halogens is 2. The molecule has 0 aromatic heterocycles. The first-order valence-corrected chi connectivity index (χ1v) is 11.5. The Morgan fingerprint density at radius 3 is 2.69 bits per heavy atom. The minimum absolute atomic E-state index is 0.0712. The molecule has 2 unspecified atom stereocenters. The summed E-state index contributed by atoms with van der Waals surface area (Å²) in [6, 6.07) is 11.9. The van der Waals surface area contributed by atoms with Crippen LogP contribution in [-0.2, 0) is 14.8 Å². The molecule has 0 spiro atoms. The van der Waals surface area contributed by atoms with Gasteiger partial charge in [-0.1, -0.05) is 28.1 Å². The van der Waals surface area contributed by atoms with E-state index in [0.29, 0.717) is 24.9 Å². The summed E-state index contributed by atoms with van der Waals surface area (Å²) in [5.74, 6) is -1.29. The summed E-state index contributed by atoms with van der Waals surface area (Å²) in [5.41, 5.74) is 0.369. The predicted octanol–water partition coefficient (Wildman–Crippen LogP) is 2.84. The molecule has 2 aromatic rings. The number of carbonyl (C=O) groups excluding carboxylic acids is 1. The molecule has 2 aromatic carbocycles. The van der Waals surface area contributed by atoms with Gasteiger partial charge in [0.05, 0.1) is 16.9 Å². The highest BCUT2D eigenvalue weighted by molar-refractivity contribution is 9.10. The van der Waals surface area contributed by atoms with Crippen molar-refractivity contribution in [1.82, 2.24) is 9.62 Å². The molecule has 2 atom stereocenters. The zero-order valence-corrected chi connectivity index (χ0v) is 18.0. The minimum Gasteiger partial charge on any atom is -0.387 e. The van der Waals surface area contributed by atoms with Gasteiger partial charge in [0.1, 0.15) is 5.82 Å². The standard InChI is InChI=1S/C20H22BrFN2O4S/c21-16-6-8-18(9-7-16)29(27,28)24-10-2-4-15(13-24)20(26)23-12-19(25)14-3-1-5-17(22)11-14/h1,3,5-9,11,15,19,25H,2,4,10,12-13H2,(H,23,26). The molecule has 0 aliphatic carbocycles. The van der Waals surface area contributed by atoms with Crippen LogP contribution in [0.25, 0.3) is 0 Å². The van der Waals surface area contributed by atoms with Gasteiger partial charge < -0.3 is 10.4 Å². The van der Waals surface area contributed by atoms with Crippen LogP contribution in [0.2, 0.25) is 0 Å². The molecule has 0 saturated carbocycles. The summed E-state index contributed by atoms with van der Waals surface area (Å²) < 4.78 is 41.1. The third-order valence-electron chi connectivity index (χ3n) is 4.91. The van der Waals surface area contributed by atoms with E-state index in [0.717, 1.165) is 4.47 Å². The van der Waals surface area contributed by atoms with Crippen LogP contribution in [0.1, 0.15) is 24.5 Å². The van der Waals surface area contributed by atoms with Crippen molar-refractivity contribution in [1.29, 1.82) is 0 Å². The molecule has 0 radical (unpaired) electrons. The van der Waals surface area contributed by atoms with Gasteiger partial charge in [0.15, 0.2) is 0 Å². The number of nitrogens with zero attached hydrogens (tertiary/aromatic N) is 1. The second kappa shape index (κ2) is 9.34. The number of amides is 1. The lowest BCUT2D eigenvalue weighted by Crippen LogP contribution is -2.46. The molecule has 1 fully saturated rings. The highest BCUT2D eigenvalue weighted by atomic mass is 79.9. The second-order valence-electron chi connectivity index (χ2n) is 6.97. The molecule has 29 heavy (non-hydrogen) atoms. The lowest BCUT2D eigenvalue weighted by atomic mass is 9.98. The van der Waals surface area contributed by atoms with Gasteiger partial charge in [-0.25, -0.2) is 12.8 Å². The Bertz CT molecular complexity index is 969. The maximum Gasteiger partial charge on any atom is 0.243 e. The first-order chi connectivity index (χ1) is 13.8. The van der Waals surface area contributed by atoms with Gasteiger partial charge in [-0.3, -0.25) is 4.79 Å². The largest absolute Gasteiger partial charge is 0.387 e. The van der Waals surface area contributed by atoms with Crippen molar-refractivity contribution < 1.29 is 22.7 Å².